The van der Waals surface area contributed by atoms with E-state index in [-0.39, 0.29) is 11.7 Å². The van der Waals surface area contributed by atoms with Crippen molar-refractivity contribution in [3.63, 3.8) is 0 Å². The summed E-state index contributed by atoms with van der Waals surface area (Å²) in [6.45, 7) is 1.62. The number of hydrogen-bond acceptors (Lipinski definition) is 2. The Morgan fingerprint density at radius 2 is 2.05 bits per heavy atom. The Kier molecular flexibility index (Phi) is 3.10. The lowest BCUT2D eigenvalue weighted by Crippen LogP contribution is -2.13. The van der Waals surface area contributed by atoms with E-state index in [0.29, 0.717) is 22.6 Å². The summed E-state index contributed by atoms with van der Waals surface area (Å²) in [7, 11) is 0. The third kappa shape index (κ3) is 2.45. The second-order valence-corrected chi connectivity index (χ2v) is 4.90. The summed E-state index contributed by atoms with van der Waals surface area (Å²) in [5.41, 5.74) is 8.44. The number of amides is 1. The number of halogens is 1. The highest BCUT2D eigenvalue weighted by Gasteiger charge is 2.12. The molecule has 0 saturated carbocycles. The highest BCUT2D eigenvalue weighted by atomic mass is 19.1. The van der Waals surface area contributed by atoms with Gasteiger partial charge in [0.2, 0.25) is 0 Å². The van der Waals surface area contributed by atoms with Crippen molar-refractivity contribution in [2.75, 3.05) is 11.1 Å². The number of aromatic amines is 1. The second-order valence-electron chi connectivity index (χ2n) is 4.90. The van der Waals surface area contributed by atoms with Gasteiger partial charge in [0.15, 0.2) is 0 Å². The van der Waals surface area contributed by atoms with Crippen molar-refractivity contribution in [1.29, 1.82) is 0 Å². The van der Waals surface area contributed by atoms with Crippen molar-refractivity contribution < 1.29 is 9.18 Å². The van der Waals surface area contributed by atoms with E-state index in [1.54, 1.807) is 37.3 Å². The van der Waals surface area contributed by atoms with Crippen LogP contribution in [0.25, 0.3) is 10.9 Å². The lowest BCUT2D eigenvalue weighted by atomic mass is 10.2. The van der Waals surface area contributed by atoms with Crippen LogP contribution in [0.15, 0.2) is 42.5 Å². The van der Waals surface area contributed by atoms with Gasteiger partial charge in [-0.2, -0.15) is 0 Å². The van der Waals surface area contributed by atoms with Crippen molar-refractivity contribution in [3.8, 4) is 0 Å². The van der Waals surface area contributed by atoms with Crippen LogP contribution >= 0.6 is 0 Å². The van der Waals surface area contributed by atoms with Gasteiger partial charge in [-0.25, -0.2) is 4.39 Å². The molecule has 0 radical (unpaired) electrons. The van der Waals surface area contributed by atoms with E-state index in [2.05, 4.69) is 10.3 Å². The van der Waals surface area contributed by atoms with Crippen LogP contribution in [0.3, 0.4) is 0 Å². The second kappa shape index (κ2) is 4.94. The molecule has 4 nitrogen and oxygen atoms in total. The Bertz CT molecular complexity index is 839. The van der Waals surface area contributed by atoms with Gasteiger partial charge in [-0.3, -0.25) is 4.79 Å². The summed E-state index contributed by atoms with van der Waals surface area (Å²) >= 11 is 0. The first-order valence-corrected chi connectivity index (χ1v) is 6.49. The quantitative estimate of drug-likeness (QED) is 0.630. The Balaban J connectivity index is 1.91. The number of nitrogens with one attached hydrogen (secondary N) is 2. The average molecular weight is 283 g/mol. The Labute approximate surface area is 120 Å². The van der Waals surface area contributed by atoms with Crippen molar-refractivity contribution >= 4 is 28.2 Å². The van der Waals surface area contributed by atoms with Crippen LogP contribution in [0.2, 0.25) is 0 Å². The Morgan fingerprint density at radius 1 is 1.24 bits per heavy atom. The predicted molar refractivity (Wildman–Crippen MR) is 81.8 cm³/mol. The maximum absolute atomic E-state index is 13.5. The number of nitrogens with two attached hydrogens (primary N) is 1. The van der Waals surface area contributed by atoms with E-state index < -0.39 is 0 Å². The van der Waals surface area contributed by atoms with Crippen molar-refractivity contribution in [2.45, 2.75) is 6.92 Å². The SMILES string of the molecule is Cc1c(F)cccc1NC(=O)c1cc2cc(N)ccc2[nH]1. The minimum atomic E-state index is -0.350. The third-order valence-corrected chi connectivity index (χ3v) is 3.41. The largest absolute Gasteiger partial charge is 0.399 e. The molecule has 1 aromatic heterocycles. The van der Waals surface area contributed by atoms with Crippen LogP contribution in [-0.4, -0.2) is 10.9 Å². The highest BCUT2D eigenvalue weighted by molar-refractivity contribution is 6.06. The van der Waals surface area contributed by atoms with E-state index in [4.69, 9.17) is 5.73 Å². The smallest absolute Gasteiger partial charge is 0.272 e. The number of fused-ring (bicyclic) bond motifs is 1. The number of carbonyl (C=O) groups is 1. The van der Waals surface area contributed by atoms with Gasteiger partial charge in [-0.1, -0.05) is 6.07 Å². The fraction of sp³-hybridized carbons (Fsp3) is 0.0625. The highest BCUT2D eigenvalue weighted by Crippen LogP contribution is 2.21. The summed E-state index contributed by atoms with van der Waals surface area (Å²) in [4.78, 5) is 15.3. The molecule has 5 heteroatoms. The van der Waals surface area contributed by atoms with E-state index in [0.717, 1.165) is 10.9 Å². The van der Waals surface area contributed by atoms with Crippen LogP contribution in [0.1, 0.15) is 16.1 Å². The van der Waals surface area contributed by atoms with Gasteiger partial charge in [0, 0.05) is 27.8 Å². The molecular weight excluding hydrogens is 269 g/mol. The maximum atomic E-state index is 13.5. The van der Waals surface area contributed by atoms with Crippen LogP contribution in [-0.2, 0) is 0 Å². The molecule has 1 amide bonds. The first kappa shape index (κ1) is 13.2. The van der Waals surface area contributed by atoms with Gasteiger partial charge >= 0.3 is 0 Å². The minimum Gasteiger partial charge on any atom is -0.399 e. The van der Waals surface area contributed by atoms with Gasteiger partial charge in [-0.15, -0.1) is 0 Å². The Morgan fingerprint density at radius 3 is 2.86 bits per heavy atom. The monoisotopic (exact) mass is 283 g/mol. The molecule has 106 valence electrons. The number of rotatable bonds is 2. The van der Waals surface area contributed by atoms with Gasteiger partial charge in [0.05, 0.1) is 0 Å². The summed E-state index contributed by atoms with van der Waals surface area (Å²) in [6, 6.07) is 11.7. The molecule has 3 rings (SSSR count). The topological polar surface area (TPSA) is 70.9 Å². The molecule has 0 unspecified atom stereocenters. The molecule has 0 atom stereocenters. The zero-order chi connectivity index (χ0) is 15.0. The first-order chi connectivity index (χ1) is 10.0. The first-order valence-electron chi connectivity index (χ1n) is 6.49. The fourth-order valence-corrected chi connectivity index (χ4v) is 2.21. The van der Waals surface area contributed by atoms with E-state index in [1.165, 1.54) is 6.07 Å². The number of benzene rings is 2. The predicted octanol–water partition coefficient (Wildman–Crippen LogP) is 3.45. The number of hydrogen-bond donors (Lipinski definition) is 3. The van der Waals surface area contributed by atoms with E-state index >= 15 is 0 Å². The summed E-state index contributed by atoms with van der Waals surface area (Å²) < 4.78 is 13.5. The summed E-state index contributed by atoms with van der Waals surface area (Å²) in [6.07, 6.45) is 0. The molecule has 0 aliphatic rings. The zero-order valence-electron chi connectivity index (χ0n) is 11.4. The average Bonchev–Trinajstić information content (AvgIpc) is 2.87. The molecule has 2 aromatic carbocycles. The molecule has 3 aromatic rings. The molecule has 21 heavy (non-hydrogen) atoms. The number of aromatic nitrogens is 1. The Hall–Kier alpha value is -2.82. The number of nitrogen functional groups attached to an aromatic ring is 1. The lowest BCUT2D eigenvalue weighted by molar-refractivity contribution is 0.102. The van der Waals surface area contributed by atoms with Gasteiger partial charge in [0.25, 0.3) is 5.91 Å². The number of anilines is 2. The van der Waals surface area contributed by atoms with Crippen molar-refractivity contribution in [3.05, 3.63) is 59.5 Å². The van der Waals surface area contributed by atoms with Crippen molar-refractivity contribution in [2.24, 2.45) is 0 Å². The van der Waals surface area contributed by atoms with Gasteiger partial charge in [-0.05, 0) is 43.3 Å². The zero-order valence-corrected chi connectivity index (χ0v) is 11.4. The molecule has 4 N–H and O–H groups in total. The normalized spacial score (nSPS) is 10.8. The van der Waals surface area contributed by atoms with Gasteiger partial charge in [0.1, 0.15) is 11.5 Å². The van der Waals surface area contributed by atoms with Gasteiger partial charge < -0.3 is 16.0 Å². The number of carbonyl (C=O) groups excluding carboxylic acids is 1. The molecule has 0 aliphatic heterocycles. The standard InChI is InChI=1S/C16H14FN3O/c1-9-12(17)3-2-4-13(9)20-16(21)15-8-10-7-11(18)5-6-14(10)19-15/h2-8,19H,18H2,1H3,(H,20,21). The lowest BCUT2D eigenvalue weighted by Gasteiger charge is -2.07. The maximum Gasteiger partial charge on any atom is 0.272 e. The van der Waals surface area contributed by atoms with Crippen LogP contribution in [0, 0.1) is 12.7 Å². The number of H-pyrrole nitrogens is 1. The van der Waals surface area contributed by atoms with E-state index in [1.807, 2.05) is 6.07 Å². The molecule has 0 saturated heterocycles. The molecule has 1 heterocycles. The molecule has 0 bridgehead atoms. The minimum absolute atomic E-state index is 0.321. The third-order valence-electron chi connectivity index (χ3n) is 3.41. The van der Waals surface area contributed by atoms with Crippen LogP contribution < -0.4 is 11.1 Å². The van der Waals surface area contributed by atoms with Crippen molar-refractivity contribution in [1.82, 2.24) is 4.98 Å². The van der Waals surface area contributed by atoms with Crippen LogP contribution in [0.4, 0.5) is 15.8 Å². The fourth-order valence-electron chi connectivity index (χ4n) is 2.21. The molecule has 0 aliphatic carbocycles. The molecule has 0 spiro atoms. The summed E-state index contributed by atoms with van der Waals surface area (Å²) in [5.74, 6) is -0.671. The van der Waals surface area contributed by atoms with E-state index in [9.17, 15) is 9.18 Å². The summed E-state index contributed by atoms with van der Waals surface area (Å²) in [5, 5.41) is 3.56. The van der Waals surface area contributed by atoms with Crippen LogP contribution in [0.5, 0.6) is 0 Å². The molecule has 0 fully saturated rings. The molecular formula is C16H14FN3O.